The summed E-state index contributed by atoms with van der Waals surface area (Å²) in [7, 11) is 1.75. The van der Waals surface area contributed by atoms with Crippen molar-refractivity contribution in [2.45, 2.75) is 65.0 Å². The van der Waals surface area contributed by atoms with Gasteiger partial charge in [-0.05, 0) is 19.8 Å². The van der Waals surface area contributed by atoms with Crippen molar-refractivity contribution in [3.05, 3.63) is 0 Å². The predicted molar refractivity (Wildman–Crippen MR) is 71.6 cm³/mol. The third-order valence-corrected chi connectivity index (χ3v) is 3.07. The van der Waals surface area contributed by atoms with Crippen molar-refractivity contribution in [3.63, 3.8) is 0 Å². The first-order valence-corrected chi connectivity index (χ1v) is 6.67. The van der Waals surface area contributed by atoms with Crippen molar-refractivity contribution >= 4 is 12.0 Å². The molecule has 2 unspecified atom stereocenters. The van der Waals surface area contributed by atoms with E-state index in [1.807, 2.05) is 13.8 Å². The monoisotopic (exact) mass is 258 g/mol. The van der Waals surface area contributed by atoms with Crippen LogP contribution in [0.1, 0.15) is 52.9 Å². The zero-order valence-corrected chi connectivity index (χ0v) is 11.9. The number of nitrogens with zero attached hydrogens (tertiary/aromatic N) is 1. The second-order valence-electron chi connectivity index (χ2n) is 4.78. The maximum Gasteiger partial charge on any atom is 0.317 e. The van der Waals surface area contributed by atoms with Crippen molar-refractivity contribution < 1.29 is 14.7 Å². The Labute approximate surface area is 110 Å². The molecule has 0 aliphatic rings. The van der Waals surface area contributed by atoms with E-state index in [-0.39, 0.29) is 24.5 Å². The molecule has 0 aromatic heterocycles. The van der Waals surface area contributed by atoms with Crippen molar-refractivity contribution in [2.24, 2.45) is 0 Å². The van der Waals surface area contributed by atoms with Crippen LogP contribution in [0, 0.1) is 0 Å². The van der Waals surface area contributed by atoms with Gasteiger partial charge in [-0.25, -0.2) is 4.79 Å². The van der Waals surface area contributed by atoms with Gasteiger partial charge in [0.25, 0.3) is 0 Å². The van der Waals surface area contributed by atoms with E-state index >= 15 is 0 Å². The van der Waals surface area contributed by atoms with E-state index in [0.717, 1.165) is 19.3 Å². The maximum atomic E-state index is 11.9. The Bertz CT molecular complexity index is 269. The van der Waals surface area contributed by atoms with E-state index in [1.54, 1.807) is 11.9 Å². The zero-order chi connectivity index (χ0) is 14.1. The molecule has 2 N–H and O–H groups in total. The van der Waals surface area contributed by atoms with Gasteiger partial charge in [-0.3, -0.25) is 4.79 Å². The molecule has 0 aromatic rings. The van der Waals surface area contributed by atoms with Gasteiger partial charge in [0.2, 0.25) is 0 Å². The second-order valence-corrected chi connectivity index (χ2v) is 4.78. The van der Waals surface area contributed by atoms with E-state index in [0.29, 0.717) is 6.42 Å². The summed E-state index contributed by atoms with van der Waals surface area (Å²) in [6, 6.07) is -0.297. The SMILES string of the molecule is CCCC(CC(=O)O)NC(=O)N(C)C(C)CCC. The van der Waals surface area contributed by atoms with E-state index in [4.69, 9.17) is 5.11 Å². The van der Waals surface area contributed by atoms with Gasteiger partial charge >= 0.3 is 12.0 Å². The summed E-state index contributed by atoms with van der Waals surface area (Å²) >= 11 is 0. The lowest BCUT2D eigenvalue weighted by Gasteiger charge is -2.27. The lowest BCUT2D eigenvalue weighted by Crippen LogP contribution is -2.47. The summed E-state index contributed by atoms with van der Waals surface area (Å²) in [5.41, 5.74) is 0. The van der Waals surface area contributed by atoms with Gasteiger partial charge in [0, 0.05) is 19.1 Å². The third kappa shape index (κ3) is 6.47. The number of urea groups is 1. The highest BCUT2D eigenvalue weighted by atomic mass is 16.4. The molecule has 0 spiro atoms. The fourth-order valence-electron chi connectivity index (χ4n) is 1.87. The molecule has 0 aromatic carbocycles. The first kappa shape index (κ1) is 16.7. The number of carbonyl (C=O) groups is 2. The van der Waals surface area contributed by atoms with Gasteiger partial charge in [0.05, 0.1) is 6.42 Å². The average Bonchev–Trinajstić information content (AvgIpc) is 2.27. The number of amides is 2. The molecular formula is C13H26N2O3. The Balaban J connectivity index is 4.34. The first-order valence-electron chi connectivity index (χ1n) is 6.67. The zero-order valence-electron chi connectivity index (χ0n) is 11.9. The minimum atomic E-state index is -0.877. The Kier molecular flexibility index (Phi) is 8.16. The van der Waals surface area contributed by atoms with Crippen molar-refractivity contribution in [3.8, 4) is 0 Å². The molecule has 5 heteroatoms. The van der Waals surface area contributed by atoms with Crippen molar-refractivity contribution in [1.29, 1.82) is 0 Å². The molecule has 0 saturated heterocycles. The molecule has 0 heterocycles. The Morgan fingerprint density at radius 3 is 2.22 bits per heavy atom. The molecule has 0 aliphatic heterocycles. The highest BCUT2D eigenvalue weighted by Crippen LogP contribution is 2.07. The van der Waals surface area contributed by atoms with Gasteiger partial charge in [-0.2, -0.15) is 0 Å². The average molecular weight is 258 g/mol. The summed E-state index contributed by atoms with van der Waals surface area (Å²) in [6.07, 6.45) is 3.49. The lowest BCUT2D eigenvalue weighted by molar-refractivity contribution is -0.137. The number of carbonyl (C=O) groups excluding carboxylic acids is 1. The minimum absolute atomic E-state index is 0.0183. The fraction of sp³-hybridized carbons (Fsp3) is 0.846. The molecule has 18 heavy (non-hydrogen) atoms. The van der Waals surface area contributed by atoms with Gasteiger partial charge < -0.3 is 15.3 Å². The predicted octanol–water partition coefficient (Wildman–Crippen LogP) is 2.46. The summed E-state index contributed by atoms with van der Waals surface area (Å²) < 4.78 is 0. The smallest absolute Gasteiger partial charge is 0.317 e. The standard InChI is InChI=1S/C13H26N2O3/c1-5-7-10(3)15(4)13(18)14-11(8-6-2)9-12(16)17/h10-11H,5-9H2,1-4H3,(H,14,18)(H,16,17). The van der Waals surface area contributed by atoms with Gasteiger partial charge in [0.1, 0.15) is 0 Å². The number of nitrogens with one attached hydrogen (secondary N) is 1. The molecule has 0 radical (unpaired) electrons. The van der Waals surface area contributed by atoms with Crippen LogP contribution in [0.3, 0.4) is 0 Å². The van der Waals surface area contributed by atoms with E-state index < -0.39 is 5.97 Å². The number of hydrogen-bond donors (Lipinski definition) is 2. The summed E-state index contributed by atoms with van der Waals surface area (Å²) in [5, 5.41) is 11.6. The van der Waals surface area contributed by atoms with Crippen molar-refractivity contribution in [1.82, 2.24) is 10.2 Å². The normalized spacial score (nSPS) is 13.8. The van der Waals surface area contributed by atoms with Crippen LogP contribution in [0.15, 0.2) is 0 Å². The van der Waals surface area contributed by atoms with Crippen LogP contribution in [-0.2, 0) is 4.79 Å². The van der Waals surface area contributed by atoms with Crippen LogP contribution >= 0.6 is 0 Å². The van der Waals surface area contributed by atoms with E-state index in [1.165, 1.54) is 0 Å². The quantitative estimate of drug-likeness (QED) is 0.702. The number of rotatable bonds is 8. The summed E-state index contributed by atoms with van der Waals surface area (Å²) in [5.74, 6) is -0.877. The van der Waals surface area contributed by atoms with Gasteiger partial charge in [-0.15, -0.1) is 0 Å². The summed E-state index contributed by atoms with van der Waals surface area (Å²) in [6.45, 7) is 6.05. The number of carboxylic acid groups (broad SMARTS) is 1. The molecule has 5 nitrogen and oxygen atoms in total. The van der Waals surface area contributed by atoms with Crippen molar-refractivity contribution in [2.75, 3.05) is 7.05 Å². The lowest BCUT2D eigenvalue weighted by atomic mass is 10.1. The van der Waals surface area contributed by atoms with Gasteiger partial charge in [0.15, 0.2) is 0 Å². The molecule has 0 rings (SSSR count). The highest BCUT2D eigenvalue weighted by Gasteiger charge is 2.20. The number of aliphatic carboxylic acids is 1. The van der Waals surface area contributed by atoms with Crippen LogP contribution in [-0.4, -0.2) is 41.1 Å². The van der Waals surface area contributed by atoms with E-state index in [2.05, 4.69) is 12.2 Å². The van der Waals surface area contributed by atoms with Crippen LogP contribution in [0.25, 0.3) is 0 Å². The Morgan fingerprint density at radius 2 is 1.78 bits per heavy atom. The van der Waals surface area contributed by atoms with Crippen LogP contribution in [0.4, 0.5) is 4.79 Å². The second kappa shape index (κ2) is 8.78. The molecule has 0 aliphatic carbocycles. The molecule has 106 valence electrons. The Hall–Kier alpha value is -1.26. The molecule has 0 saturated carbocycles. The maximum absolute atomic E-state index is 11.9. The molecule has 0 bridgehead atoms. The first-order chi connectivity index (χ1) is 8.42. The number of carboxylic acids is 1. The van der Waals surface area contributed by atoms with Crippen LogP contribution in [0.5, 0.6) is 0 Å². The highest BCUT2D eigenvalue weighted by molar-refractivity contribution is 5.76. The van der Waals surface area contributed by atoms with E-state index in [9.17, 15) is 9.59 Å². The number of hydrogen-bond acceptors (Lipinski definition) is 2. The fourth-order valence-corrected chi connectivity index (χ4v) is 1.87. The molecule has 2 amide bonds. The molecule has 2 atom stereocenters. The molecule has 0 fully saturated rings. The minimum Gasteiger partial charge on any atom is -0.481 e. The largest absolute Gasteiger partial charge is 0.481 e. The van der Waals surface area contributed by atoms with Crippen LogP contribution < -0.4 is 5.32 Å². The van der Waals surface area contributed by atoms with Crippen LogP contribution in [0.2, 0.25) is 0 Å². The Morgan fingerprint density at radius 1 is 1.22 bits per heavy atom. The third-order valence-electron chi connectivity index (χ3n) is 3.07. The molecular weight excluding hydrogens is 232 g/mol. The summed E-state index contributed by atoms with van der Waals surface area (Å²) in [4.78, 5) is 24.3. The topological polar surface area (TPSA) is 69.6 Å². The van der Waals surface area contributed by atoms with Gasteiger partial charge in [-0.1, -0.05) is 26.7 Å².